The number of carbonyl (C=O) groups excluding carboxylic acids is 1. The molecule has 0 saturated carbocycles. The van der Waals surface area contributed by atoms with Crippen molar-refractivity contribution < 1.29 is 4.79 Å². The second kappa shape index (κ2) is 6.12. The summed E-state index contributed by atoms with van der Waals surface area (Å²) in [4.78, 5) is 23.6. The molecule has 0 bridgehead atoms. The van der Waals surface area contributed by atoms with Crippen LogP contribution in [0.3, 0.4) is 0 Å². The molecule has 1 aromatic heterocycles. The first kappa shape index (κ1) is 14.0. The molecule has 0 aliphatic heterocycles. The lowest BCUT2D eigenvalue weighted by Crippen LogP contribution is -2.30. The topological polar surface area (TPSA) is 64.0 Å². The van der Waals surface area contributed by atoms with E-state index < -0.39 is 0 Å². The molecule has 1 N–H and O–H groups in total. The quantitative estimate of drug-likeness (QED) is 0.880. The van der Waals surface area contributed by atoms with Crippen molar-refractivity contribution in [3.05, 3.63) is 55.8 Å². The van der Waals surface area contributed by atoms with Gasteiger partial charge in [-0.05, 0) is 44.0 Å². The lowest BCUT2D eigenvalue weighted by atomic mass is 10.3. The number of nitrogens with one attached hydrogen (secondary N) is 1. The molecule has 98 valence electrons. The first-order chi connectivity index (χ1) is 9.08. The van der Waals surface area contributed by atoms with Crippen LogP contribution in [-0.4, -0.2) is 15.7 Å². The van der Waals surface area contributed by atoms with E-state index >= 15 is 0 Å². The fourth-order valence-electron chi connectivity index (χ4n) is 1.42. The van der Waals surface area contributed by atoms with E-state index in [-0.39, 0.29) is 18.0 Å². The Morgan fingerprint density at radius 2 is 1.95 bits per heavy atom. The van der Waals surface area contributed by atoms with Crippen molar-refractivity contribution in [2.75, 3.05) is 5.32 Å². The van der Waals surface area contributed by atoms with Gasteiger partial charge in [0.15, 0.2) is 0 Å². The van der Waals surface area contributed by atoms with Crippen molar-refractivity contribution in [2.45, 2.75) is 6.54 Å². The zero-order chi connectivity index (χ0) is 13.8. The average molecular weight is 387 g/mol. The summed E-state index contributed by atoms with van der Waals surface area (Å²) in [6.45, 7) is -0.139. The van der Waals surface area contributed by atoms with Gasteiger partial charge < -0.3 is 5.32 Å². The summed E-state index contributed by atoms with van der Waals surface area (Å²) in [7, 11) is 0. The van der Waals surface area contributed by atoms with E-state index in [1.54, 1.807) is 12.1 Å². The number of hydrogen-bond acceptors (Lipinski definition) is 3. The van der Waals surface area contributed by atoms with Crippen molar-refractivity contribution in [2.24, 2.45) is 0 Å². The van der Waals surface area contributed by atoms with Crippen molar-refractivity contribution >= 4 is 43.5 Å². The van der Waals surface area contributed by atoms with Crippen molar-refractivity contribution in [1.29, 1.82) is 0 Å². The van der Waals surface area contributed by atoms with Crippen LogP contribution in [0.1, 0.15) is 0 Å². The van der Waals surface area contributed by atoms with Gasteiger partial charge in [-0.1, -0.05) is 18.2 Å². The van der Waals surface area contributed by atoms with Crippen LogP contribution in [0, 0.1) is 0 Å². The third-order valence-corrected chi connectivity index (χ3v) is 4.19. The molecule has 5 nitrogen and oxygen atoms in total. The first-order valence-corrected chi connectivity index (χ1v) is 6.92. The number of benzene rings is 1. The largest absolute Gasteiger partial charge is 0.324 e. The number of para-hydroxylation sites is 1. The van der Waals surface area contributed by atoms with Crippen LogP contribution in [-0.2, 0) is 11.3 Å². The van der Waals surface area contributed by atoms with Gasteiger partial charge in [0.25, 0.3) is 5.56 Å². The number of halogens is 2. The van der Waals surface area contributed by atoms with E-state index in [1.165, 1.54) is 6.20 Å². The summed E-state index contributed by atoms with van der Waals surface area (Å²) in [6.07, 6.45) is 1.46. The van der Waals surface area contributed by atoms with Gasteiger partial charge in [-0.3, -0.25) is 9.59 Å². The summed E-state index contributed by atoms with van der Waals surface area (Å²) in [5.74, 6) is -0.310. The van der Waals surface area contributed by atoms with Gasteiger partial charge in [0.1, 0.15) is 11.0 Å². The minimum Gasteiger partial charge on any atom is -0.324 e. The molecule has 0 spiro atoms. The Balaban J connectivity index is 2.12. The van der Waals surface area contributed by atoms with Crippen LogP contribution in [0.25, 0.3) is 0 Å². The predicted octanol–water partition coefficient (Wildman–Crippen LogP) is 2.41. The molecule has 0 radical (unpaired) electrons. The minimum atomic E-state index is -0.363. The molecule has 19 heavy (non-hydrogen) atoms. The van der Waals surface area contributed by atoms with Crippen LogP contribution in [0.4, 0.5) is 5.69 Å². The van der Waals surface area contributed by atoms with E-state index in [1.807, 2.05) is 18.2 Å². The third kappa shape index (κ3) is 3.51. The van der Waals surface area contributed by atoms with Crippen LogP contribution in [0.15, 0.2) is 50.3 Å². The molecule has 0 saturated heterocycles. The van der Waals surface area contributed by atoms with Gasteiger partial charge >= 0.3 is 0 Å². The molecule has 2 aromatic rings. The maximum atomic E-state index is 11.8. The molecule has 1 amide bonds. The molecule has 1 aromatic carbocycles. The smallest absolute Gasteiger partial charge is 0.282 e. The molecule has 7 heteroatoms. The normalized spacial score (nSPS) is 10.2. The molecule has 1 heterocycles. The first-order valence-electron chi connectivity index (χ1n) is 5.34. The highest BCUT2D eigenvalue weighted by atomic mass is 79.9. The monoisotopic (exact) mass is 385 g/mol. The highest BCUT2D eigenvalue weighted by Gasteiger charge is 2.10. The summed E-state index contributed by atoms with van der Waals surface area (Å²) >= 11 is 6.31. The van der Waals surface area contributed by atoms with Crippen LogP contribution >= 0.6 is 31.9 Å². The van der Waals surface area contributed by atoms with Gasteiger partial charge in [0, 0.05) is 5.69 Å². The molecule has 0 aliphatic rings. The van der Waals surface area contributed by atoms with E-state index in [0.29, 0.717) is 14.6 Å². The Hall–Kier alpha value is -1.47. The van der Waals surface area contributed by atoms with Gasteiger partial charge in [-0.25, -0.2) is 4.68 Å². The van der Waals surface area contributed by atoms with Gasteiger partial charge in [-0.2, -0.15) is 5.10 Å². The zero-order valence-electron chi connectivity index (χ0n) is 9.64. The summed E-state index contributed by atoms with van der Waals surface area (Å²) in [5, 5.41) is 6.57. The predicted molar refractivity (Wildman–Crippen MR) is 79.0 cm³/mol. The van der Waals surface area contributed by atoms with Crippen LogP contribution in [0.2, 0.25) is 0 Å². The lowest BCUT2D eigenvalue weighted by molar-refractivity contribution is -0.117. The summed E-state index contributed by atoms with van der Waals surface area (Å²) < 4.78 is 1.99. The Labute approximate surface area is 125 Å². The number of amides is 1. The maximum Gasteiger partial charge on any atom is 0.282 e. The van der Waals surface area contributed by atoms with E-state index in [2.05, 4.69) is 42.3 Å². The summed E-state index contributed by atoms with van der Waals surface area (Å²) in [6, 6.07) is 9.03. The van der Waals surface area contributed by atoms with Crippen LogP contribution in [0.5, 0.6) is 0 Å². The standard InChI is InChI=1S/C12H9Br2N3O2/c13-9-6-15-17(12(19)11(9)14)7-10(18)16-8-4-2-1-3-5-8/h1-6H,7H2,(H,16,18). The maximum absolute atomic E-state index is 11.8. The lowest BCUT2D eigenvalue weighted by Gasteiger charge is -2.07. The fraction of sp³-hybridized carbons (Fsp3) is 0.0833. The van der Waals surface area contributed by atoms with E-state index in [9.17, 15) is 9.59 Å². The minimum absolute atomic E-state index is 0.139. The Bertz CT molecular complexity index is 656. The second-order valence-corrected chi connectivity index (χ2v) is 5.33. The average Bonchev–Trinajstić information content (AvgIpc) is 2.41. The van der Waals surface area contributed by atoms with Gasteiger partial charge in [-0.15, -0.1) is 0 Å². The number of rotatable bonds is 3. The molecule has 0 atom stereocenters. The molecular weight excluding hydrogens is 378 g/mol. The van der Waals surface area contributed by atoms with E-state index in [4.69, 9.17) is 0 Å². The zero-order valence-corrected chi connectivity index (χ0v) is 12.8. The molecule has 0 fully saturated rings. The second-order valence-electron chi connectivity index (χ2n) is 3.68. The van der Waals surface area contributed by atoms with Crippen molar-refractivity contribution in [3.63, 3.8) is 0 Å². The highest BCUT2D eigenvalue weighted by molar-refractivity contribution is 9.13. The molecule has 2 rings (SSSR count). The Morgan fingerprint density at radius 3 is 2.63 bits per heavy atom. The Morgan fingerprint density at radius 1 is 1.26 bits per heavy atom. The molecular formula is C12H9Br2N3O2. The van der Waals surface area contributed by atoms with Crippen LogP contribution < -0.4 is 10.9 Å². The highest BCUT2D eigenvalue weighted by Crippen LogP contribution is 2.16. The third-order valence-electron chi connectivity index (χ3n) is 2.29. The molecule has 0 unspecified atom stereocenters. The Kier molecular flexibility index (Phi) is 4.49. The number of nitrogens with zero attached hydrogens (tertiary/aromatic N) is 2. The molecule has 0 aliphatic carbocycles. The SMILES string of the molecule is O=C(Cn1ncc(Br)c(Br)c1=O)Nc1ccccc1. The number of carbonyl (C=O) groups is 1. The van der Waals surface area contributed by atoms with E-state index in [0.717, 1.165) is 4.68 Å². The van der Waals surface area contributed by atoms with Crippen molar-refractivity contribution in [3.8, 4) is 0 Å². The fourth-order valence-corrected chi connectivity index (χ4v) is 1.98. The number of hydrogen-bond donors (Lipinski definition) is 1. The number of aromatic nitrogens is 2. The number of anilines is 1. The summed E-state index contributed by atoms with van der Waals surface area (Å²) in [5.41, 5.74) is 0.314. The van der Waals surface area contributed by atoms with Crippen molar-refractivity contribution in [1.82, 2.24) is 9.78 Å². The van der Waals surface area contributed by atoms with Gasteiger partial charge in [0.2, 0.25) is 5.91 Å². The van der Waals surface area contributed by atoms with Gasteiger partial charge in [0.05, 0.1) is 10.7 Å².